The van der Waals surface area contributed by atoms with Crippen LogP contribution in [-0.4, -0.2) is 18.0 Å². The van der Waals surface area contributed by atoms with Crippen molar-refractivity contribution in [2.75, 3.05) is 0 Å². The van der Waals surface area contributed by atoms with Crippen LogP contribution in [0.5, 0.6) is 0 Å². The SMILES string of the molecule is Cc1ccc(C[NH2+][C@H](C)C(=O)N[C@@H](C)CCc2ccccc2)cc1. The summed E-state index contributed by atoms with van der Waals surface area (Å²) in [6.45, 7) is 6.95. The molecule has 0 fully saturated rings. The van der Waals surface area contributed by atoms with Crippen LogP contribution < -0.4 is 10.6 Å². The molecule has 0 saturated heterocycles. The molecule has 0 bridgehead atoms. The molecule has 1 amide bonds. The lowest BCUT2D eigenvalue weighted by Crippen LogP contribution is -2.90. The highest BCUT2D eigenvalue weighted by Gasteiger charge is 2.17. The Bertz CT molecular complexity index is 622. The molecule has 0 unspecified atom stereocenters. The third kappa shape index (κ3) is 6.17. The number of carbonyl (C=O) groups excluding carboxylic acids is 1. The molecule has 0 spiro atoms. The maximum atomic E-state index is 12.3. The summed E-state index contributed by atoms with van der Waals surface area (Å²) in [5, 5.41) is 5.21. The maximum absolute atomic E-state index is 12.3. The molecule has 0 aliphatic rings. The summed E-state index contributed by atoms with van der Waals surface area (Å²) < 4.78 is 0. The van der Waals surface area contributed by atoms with Gasteiger partial charge >= 0.3 is 0 Å². The van der Waals surface area contributed by atoms with Crippen molar-refractivity contribution in [3.05, 3.63) is 71.3 Å². The zero-order valence-electron chi connectivity index (χ0n) is 15.0. The molecule has 128 valence electrons. The maximum Gasteiger partial charge on any atom is 0.278 e. The van der Waals surface area contributed by atoms with E-state index in [1.165, 1.54) is 16.7 Å². The normalized spacial score (nSPS) is 13.3. The fraction of sp³-hybridized carbons (Fsp3) is 0.381. The zero-order chi connectivity index (χ0) is 17.4. The van der Waals surface area contributed by atoms with Crippen LogP contribution in [0.2, 0.25) is 0 Å². The van der Waals surface area contributed by atoms with Gasteiger partial charge in [-0.25, -0.2) is 0 Å². The molecule has 2 rings (SSSR count). The molecule has 0 radical (unpaired) electrons. The van der Waals surface area contributed by atoms with Gasteiger partial charge in [0.05, 0.1) is 0 Å². The quantitative estimate of drug-likeness (QED) is 0.770. The van der Waals surface area contributed by atoms with E-state index in [4.69, 9.17) is 0 Å². The average molecular weight is 325 g/mol. The van der Waals surface area contributed by atoms with Gasteiger partial charge in [-0.15, -0.1) is 0 Å². The first-order chi connectivity index (χ1) is 11.5. The van der Waals surface area contributed by atoms with Crippen molar-refractivity contribution in [3.8, 4) is 0 Å². The van der Waals surface area contributed by atoms with Gasteiger partial charge in [0, 0.05) is 11.6 Å². The summed E-state index contributed by atoms with van der Waals surface area (Å²) in [7, 11) is 0. The number of benzene rings is 2. The van der Waals surface area contributed by atoms with E-state index < -0.39 is 0 Å². The molecule has 3 N–H and O–H groups in total. The van der Waals surface area contributed by atoms with Crippen LogP contribution >= 0.6 is 0 Å². The van der Waals surface area contributed by atoms with E-state index in [9.17, 15) is 4.79 Å². The lowest BCUT2D eigenvalue weighted by molar-refractivity contribution is -0.689. The topological polar surface area (TPSA) is 45.7 Å². The number of amides is 1. The standard InChI is InChI=1S/C21H28N2O/c1-16-9-12-20(13-10-16)15-22-18(3)21(24)23-17(2)11-14-19-7-5-4-6-8-19/h4-10,12-13,17-18,22H,11,14-15H2,1-3H3,(H,23,24)/p+1/t17-,18+/m0/s1. The van der Waals surface area contributed by atoms with Crippen molar-refractivity contribution in [3.63, 3.8) is 0 Å². The minimum atomic E-state index is -0.0783. The highest BCUT2D eigenvalue weighted by molar-refractivity contribution is 5.80. The van der Waals surface area contributed by atoms with Crippen molar-refractivity contribution in [1.29, 1.82) is 0 Å². The van der Waals surface area contributed by atoms with E-state index >= 15 is 0 Å². The van der Waals surface area contributed by atoms with Gasteiger partial charge in [-0.05, 0) is 39.2 Å². The Morgan fingerprint density at radius 3 is 2.33 bits per heavy atom. The van der Waals surface area contributed by atoms with Gasteiger partial charge in [-0.3, -0.25) is 4.79 Å². The summed E-state index contributed by atoms with van der Waals surface area (Å²) in [5.41, 5.74) is 3.83. The van der Waals surface area contributed by atoms with Gasteiger partial charge in [0.15, 0.2) is 6.04 Å². The van der Waals surface area contributed by atoms with Crippen molar-refractivity contribution < 1.29 is 10.1 Å². The number of rotatable bonds is 8. The Morgan fingerprint density at radius 1 is 1.00 bits per heavy atom. The fourth-order valence-electron chi connectivity index (χ4n) is 2.62. The molecular weight excluding hydrogens is 296 g/mol. The fourth-order valence-corrected chi connectivity index (χ4v) is 2.62. The van der Waals surface area contributed by atoms with Crippen LogP contribution in [0.1, 0.15) is 37.0 Å². The van der Waals surface area contributed by atoms with Crippen LogP contribution in [0.3, 0.4) is 0 Å². The lowest BCUT2D eigenvalue weighted by Gasteiger charge is -2.17. The van der Waals surface area contributed by atoms with E-state index in [0.29, 0.717) is 0 Å². The molecule has 0 heterocycles. The van der Waals surface area contributed by atoms with Gasteiger partial charge < -0.3 is 10.6 Å². The highest BCUT2D eigenvalue weighted by atomic mass is 16.2. The molecule has 3 heteroatoms. The smallest absolute Gasteiger partial charge is 0.278 e. The van der Waals surface area contributed by atoms with E-state index in [2.05, 4.69) is 73.0 Å². The predicted octanol–water partition coefficient (Wildman–Crippen LogP) is 2.58. The monoisotopic (exact) mass is 325 g/mol. The first-order valence-corrected chi connectivity index (χ1v) is 8.78. The zero-order valence-corrected chi connectivity index (χ0v) is 15.0. The molecule has 24 heavy (non-hydrogen) atoms. The second-order valence-electron chi connectivity index (χ2n) is 6.65. The summed E-state index contributed by atoms with van der Waals surface area (Å²) in [6, 6.07) is 19.0. The predicted molar refractivity (Wildman–Crippen MR) is 98.6 cm³/mol. The molecule has 0 aliphatic carbocycles. The summed E-state index contributed by atoms with van der Waals surface area (Å²) in [5.74, 6) is 0.114. The number of quaternary nitrogens is 1. The Kier molecular flexibility index (Phi) is 7.01. The number of hydrogen-bond donors (Lipinski definition) is 2. The van der Waals surface area contributed by atoms with Gasteiger partial charge in [0.25, 0.3) is 5.91 Å². The lowest BCUT2D eigenvalue weighted by atomic mass is 10.1. The molecule has 2 atom stereocenters. The average Bonchev–Trinajstić information content (AvgIpc) is 2.60. The second-order valence-corrected chi connectivity index (χ2v) is 6.65. The van der Waals surface area contributed by atoms with Crippen molar-refractivity contribution in [2.45, 2.75) is 52.2 Å². The Morgan fingerprint density at radius 2 is 1.67 bits per heavy atom. The molecule has 0 aliphatic heterocycles. The Labute approximate surface area is 145 Å². The van der Waals surface area contributed by atoms with Crippen LogP contribution in [0, 0.1) is 6.92 Å². The van der Waals surface area contributed by atoms with Gasteiger partial charge in [0.1, 0.15) is 6.54 Å². The summed E-state index contributed by atoms with van der Waals surface area (Å²) in [4.78, 5) is 12.3. The highest BCUT2D eigenvalue weighted by Crippen LogP contribution is 2.05. The van der Waals surface area contributed by atoms with Crippen LogP contribution in [0.25, 0.3) is 0 Å². The van der Waals surface area contributed by atoms with Crippen molar-refractivity contribution in [1.82, 2.24) is 5.32 Å². The molecule has 3 nitrogen and oxygen atoms in total. The van der Waals surface area contributed by atoms with Crippen LogP contribution in [0.15, 0.2) is 54.6 Å². The third-order valence-corrected chi connectivity index (χ3v) is 4.34. The number of aryl methyl sites for hydroxylation is 2. The van der Waals surface area contributed by atoms with Crippen molar-refractivity contribution in [2.24, 2.45) is 0 Å². The molecule has 0 saturated carbocycles. The summed E-state index contributed by atoms with van der Waals surface area (Å²) >= 11 is 0. The van der Waals surface area contributed by atoms with Gasteiger partial charge in [-0.2, -0.15) is 0 Å². The minimum Gasteiger partial charge on any atom is -0.348 e. The van der Waals surface area contributed by atoms with E-state index in [0.717, 1.165) is 19.4 Å². The summed E-state index contributed by atoms with van der Waals surface area (Å²) in [6.07, 6.45) is 1.95. The van der Waals surface area contributed by atoms with E-state index in [-0.39, 0.29) is 18.0 Å². The largest absolute Gasteiger partial charge is 0.348 e. The Hall–Kier alpha value is -2.13. The molecule has 2 aromatic carbocycles. The van der Waals surface area contributed by atoms with Gasteiger partial charge in [-0.1, -0.05) is 60.2 Å². The van der Waals surface area contributed by atoms with Gasteiger partial charge in [0.2, 0.25) is 0 Å². The third-order valence-electron chi connectivity index (χ3n) is 4.34. The molecule has 0 aromatic heterocycles. The molecule has 2 aromatic rings. The number of nitrogens with two attached hydrogens (primary N) is 1. The number of nitrogens with one attached hydrogen (secondary N) is 1. The van der Waals surface area contributed by atoms with E-state index in [1.807, 2.05) is 13.0 Å². The first kappa shape index (κ1) is 18.2. The number of hydrogen-bond acceptors (Lipinski definition) is 1. The number of carbonyl (C=O) groups is 1. The molecular formula is C21H29N2O+. The van der Waals surface area contributed by atoms with E-state index in [1.54, 1.807) is 0 Å². The van der Waals surface area contributed by atoms with Crippen LogP contribution in [0.4, 0.5) is 0 Å². The first-order valence-electron chi connectivity index (χ1n) is 8.78. The Balaban J connectivity index is 1.71. The minimum absolute atomic E-state index is 0.0783. The van der Waals surface area contributed by atoms with Crippen molar-refractivity contribution >= 4 is 5.91 Å². The van der Waals surface area contributed by atoms with Crippen LogP contribution in [-0.2, 0) is 17.8 Å². The second kappa shape index (κ2) is 9.24.